The molecule has 1 saturated heterocycles. The van der Waals surface area contributed by atoms with E-state index in [2.05, 4.69) is 91.7 Å². The molecule has 40 heavy (non-hydrogen) atoms. The molecule has 4 N–H and O–H groups in total. The lowest BCUT2D eigenvalue weighted by Crippen LogP contribution is -2.36. The maximum absolute atomic E-state index is 13.1. The van der Waals surface area contributed by atoms with Crippen molar-refractivity contribution in [3.8, 4) is 0 Å². The van der Waals surface area contributed by atoms with Crippen LogP contribution in [0.4, 0.5) is 11.4 Å². The second-order valence-corrected chi connectivity index (χ2v) is 11.5. The zero-order valence-corrected chi connectivity index (χ0v) is 24.1. The quantitative estimate of drug-likeness (QED) is 0.365. The summed E-state index contributed by atoms with van der Waals surface area (Å²) in [6.07, 6.45) is 2.31. The van der Waals surface area contributed by atoms with Crippen molar-refractivity contribution in [2.45, 2.75) is 35.7 Å². The third-order valence-corrected chi connectivity index (χ3v) is 8.50. The molecule has 2 aliphatic rings. The molecular formula is C32H42N6OS. The maximum Gasteiger partial charge on any atom is 0.240 e. The number of amides is 1. The predicted octanol–water partition coefficient (Wildman–Crippen LogP) is 3.97. The van der Waals surface area contributed by atoms with Crippen LogP contribution in [-0.4, -0.2) is 69.7 Å². The first kappa shape index (κ1) is 28.6. The summed E-state index contributed by atoms with van der Waals surface area (Å²) in [4.78, 5) is 20.1. The molecule has 7 nitrogen and oxygen atoms in total. The fraction of sp³-hybridized carbons (Fsp3) is 0.406. The monoisotopic (exact) mass is 558 g/mol. The van der Waals surface area contributed by atoms with Crippen LogP contribution in [0.15, 0.2) is 82.6 Å². The number of benzene rings is 3. The number of fused-ring (bicyclic) bond motifs is 2. The van der Waals surface area contributed by atoms with Crippen LogP contribution >= 0.6 is 11.8 Å². The number of nitrogens with one attached hydrogen (secondary N) is 4. The second kappa shape index (κ2) is 15.2. The highest BCUT2D eigenvalue weighted by molar-refractivity contribution is 7.99. The molecule has 0 aromatic heterocycles. The van der Waals surface area contributed by atoms with Crippen LogP contribution < -0.4 is 26.2 Å². The lowest BCUT2D eigenvalue weighted by molar-refractivity contribution is -0.119. The van der Waals surface area contributed by atoms with E-state index in [4.69, 9.17) is 0 Å². The fourth-order valence-electron chi connectivity index (χ4n) is 5.20. The van der Waals surface area contributed by atoms with Crippen LogP contribution in [0.2, 0.25) is 0 Å². The SMILES string of the molecule is O=C(CN1c2ccccc2Sc2ccccc21)NCc1ccc(CN2CCCNCCNCCCNCC2)cc1. The zero-order chi connectivity index (χ0) is 27.4. The third-order valence-electron chi connectivity index (χ3n) is 7.37. The molecule has 0 spiro atoms. The number of carbonyl (C=O) groups excluding carboxylic acids is 1. The molecule has 5 rings (SSSR count). The first-order chi connectivity index (χ1) is 19.8. The Morgan fingerprint density at radius 3 is 2.00 bits per heavy atom. The van der Waals surface area contributed by atoms with E-state index < -0.39 is 0 Å². The molecule has 3 aromatic carbocycles. The van der Waals surface area contributed by atoms with Crippen LogP contribution in [0.3, 0.4) is 0 Å². The van der Waals surface area contributed by atoms with Gasteiger partial charge in [0, 0.05) is 49.1 Å². The molecule has 3 aromatic rings. The van der Waals surface area contributed by atoms with Gasteiger partial charge in [0.1, 0.15) is 6.54 Å². The van der Waals surface area contributed by atoms with Gasteiger partial charge >= 0.3 is 0 Å². The van der Waals surface area contributed by atoms with E-state index in [1.54, 1.807) is 11.8 Å². The Bertz CT molecular complexity index is 1160. The van der Waals surface area contributed by atoms with Gasteiger partial charge in [-0.25, -0.2) is 0 Å². The summed E-state index contributed by atoms with van der Waals surface area (Å²) < 4.78 is 0. The van der Waals surface area contributed by atoms with E-state index >= 15 is 0 Å². The standard InChI is InChI=1S/C32H42N6OS/c39-32(25-38-28-7-1-3-9-30(28)40-31-10-4-2-8-29(31)38)36-23-26-11-13-27(14-12-26)24-37-21-6-17-34-19-18-33-15-5-16-35-20-22-37/h1-4,7-14,33-35H,5-6,15-25H2,(H,36,39). The highest BCUT2D eigenvalue weighted by atomic mass is 32.2. The number of carbonyl (C=O) groups is 1. The number of hydrogen-bond acceptors (Lipinski definition) is 7. The lowest BCUT2D eigenvalue weighted by Gasteiger charge is -2.32. The van der Waals surface area contributed by atoms with Crippen LogP contribution in [0.1, 0.15) is 24.0 Å². The molecule has 0 aliphatic carbocycles. The molecule has 0 bridgehead atoms. The smallest absolute Gasteiger partial charge is 0.240 e. The number of nitrogens with zero attached hydrogens (tertiary/aromatic N) is 2. The number of para-hydroxylation sites is 2. The van der Waals surface area contributed by atoms with Crippen molar-refractivity contribution in [1.82, 2.24) is 26.2 Å². The molecule has 1 fully saturated rings. The van der Waals surface area contributed by atoms with E-state index in [-0.39, 0.29) is 5.91 Å². The molecule has 0 saturated carbocycles. The van der Waals surface area contributed by atoms with E-state index in [9.17, 15) is 4.79 Å². The lowest BCUT2D eigenvalue weighted by atomic mass is 10.1. The average Bonchev–Trinajstić information content (AvgIpc) is 2.98. The summed E-state index contributed by atoms with van der Waals surface area (Å²) in [6, 6.07) is 25.3. The molecule has 0 unspecified atom stereocenters. The van der Waals surface area contributed by atoms with Gasteiger partial charge in [-0.2, -0.15) is 0 Å². The van der Waals surface area contributed by atoms with Crippen LogP contribution in [0.5, 0.6) is 0 Å². The fourth-order valence-corrected chi connectivity index (χ4v) is 6.29. The van der Waals surface area contributed by atoms with Gasteiger partial charge in [-0.15, -0.1) is 0 Å². The van der Waals surface area contributed by atoms with Gasteiger partial charge in [-0.1, -0.05) is 60.3 Å². The Morgan fingerprint density at radius 2 is 1.30 bits per heavy atom. The Morgan fingerprint density at radius 1 is 0.700 bits per heavy atom. The van der Waals surface area contributed by atoms with Gasteiger partial charge in [0.05, 0.1) is 11.4 Å². The highest BCUT2D eigenvalue weighted by Crippen LogP contribution is 2.47. The zero-order valence-electron chi connectivity index (χ0n) is 23.3. The topological polar surface area (TPSA) is 71.7 Å². The Balaban J connectivity index is 1.12. The molecule has 2 aliphatic heterocycles. The van der Waals surface area contributed by atoms with Crippen molar-refractivity contribution in [2.75, 3.05) is 63.8 Å². The molecule has 0 atom stereocenters. The first-order valence-corrected chi connectivity index (χ1v) is 15.4. The normalized spacial score (nSPS) is 17.4. The van der Waals surface area contributed by atoms with Gasteiger partial charge in [-0.3, -0.25) is 9.69 Å². The largest absolute Gasteiger partial charge is 0.350 e. The van der Waals surface area contributed by atoms with Crippen molar-refractivity contribution in [3.05, 3.63) is 83.9 Å². The van der Waals surface area contributed by atoms with Gasteiger partial charge in [0.15, 0.2) is 0 Å². The highest BCUT2D eigenvalue weighted by Gasteiger charge is 2.24. The molecule has 8 heteroatoms. The Kier molecular flexibility index (Phi) is 10.9. The van der Waals surface area contributed by atoms with E-state index in [0.29, 0.717) is 13.1 Å². The van der Waals surface area contributed by atoms with E-state index in [1.807, 2.05) is 12.1 Å². The van der Waals surface area contributed by atoms with Crippen molar-refractivity contribution in [1.29, 1.82) is 0 Å². The van der Waals surface area contributed by atoms with Gasteiger partial charge in [-0.05, 0) is 74.4 Å². The summed E-state index contributed by atoms with van der Waals surface area (Å²) in [5, 5.41) is 13.8. The number of rotatable bonds is 6. The van der Waals surface area contributed by atoms with E-state index in [1.165, 1.54) is 15.4 Å². The molecular weight excluding hydrogens is 516 g/mol. The van der Waals surface area contributed by atoms with E-state index in [0.717, 1.165) is 88.7 Å². The summed E-state index contributed by atoms with van der Waals surface area (Å²) in [5.74, 6) is 0.0170. The number of anilines is 2. The molecule has 212 valence electrons. The minimum atomic E-state index is 0.0170. The van der Waals surface area contributed by atoms with Gasteiger partial charge < -0.3 is 26.2 Å². The van der Waals surface area contributed by atoms with Crippen LogP contribution in [-0.2, 0) is 17.9 Å². The van der Waals surface area contributed by atoms with Crippen molar-refractivity contribution in [2.24, 2.45) is 0 Å². The molecule has 2 heterocycles. The summed E-state index contributed by atoms with van der Waals surface area (Å²) in [7, 11) is 0. The average molecular weight is 559 g/mol. The maximum atomic E-state index is 13.1. The molecule has 1 amide bonds. The summed E-state index contributed by atoms with van der Waals surface area (Å²) in [5.41, 5.74) is 4.60. The van der Waals surface area contributed by atoms with Crippen molar-refractivity contribution < 1.29 is 4.79 Å². The summed E-state index contributed by atoms with van der Waals surface area (Å²) in [6.45, 7) is 10.2. The predicted molar refractivity (Wildman–Crippen MR) is 165 cm³/mol. The first-order valence-electron chi connectivity index (χ1n) is 14.6. The van der Waals surface area contributed by atoms with Gasteiger partial charge in [0.25, 0.3) is 0 Å². The Hall–Kier alpha value is -2.88. The minimum absolute atomic E-state index is 0.0170. The van der Waals surface area contributed by atoms with Crippen molar-refractivity contribution in [3.63, 3.8) is 0 Å². The van der Waals surface area contributed by atoms with Crippen LogP contribution in [0.25, 0.3) is 0 Å². The van der Waals surface area contributed by atoms with Crippen molar-refractivity contribution >= 4 is 29.0 Å². The van der Waals surface area contributed by atoms with Crippen LogP contribution in [0, 0.1) is 0 Å². The minimum Gasteiger partial charge on any atom is -0.350 e. The molecule has 0 radical (unpaired) electrons. The second-order valence-electron chi connectivity index (χ2n) is 10.5. The summed E-state index contributed by atoms with van der Waals surface area (Å²) >= 11 is 1.76. The third kappa shape index (κ3) is 8.32. The number of hydrogen-bond donors (Lipinski definition) is 4. The Labute approximate surface area is 243 Å². The van der Waals surface area contributed by atoms with Gasteiger partial charge in [0.2, 0.25) is 5.91 Å².